The molecule has 2 aromatic heterocycles. The van der Waals surface area contributed by atoms with Crippen LogP contribution in [-0.4, -0.2) is 79.8 Å². The molecule has 0 aliphatic rings. The lowest BCUT2D eigenvalue weighted by molar-refractivity contribution is -0.142. The highest BCUT2D eigenvalue weighted by Gasteiger charge is 2.27. The summed E-state index contributed by atoms with van der Waals surface area (Å²) in [5.74, 6) is -1.28. The molecule has 0 saturated carbocycles. The Hall–Kier alpha value is -3.57. The van der Waals surface area contributed by atoms with Gasteiger partial charge in [-0.15, -0.1) is 23.2 Å². The number of H-pyrrole nitrogens is 2. The van der Waals surface area contributed by atoms with Crippen molar-refractivity contribution in [2.75, 3.05) is 29.7 Å². The maximum absolute atomic E-state index is 13.1. The van der Waals surface area contributed by atoms with Gasteiger partial charge in [-0.05, 0) is 17.7 Å². The molecule has 0 bridgehead atoms. The summed E-state index contributed by atoms with van der Waals surface area (Å²) in [6, 6.07) is 5.23. The van der Waals surface area contributed by atoms with E-state index >= 15 is 0 Å². The summed E-state index contributed by atoms with van der Waals surface area (Å²) in [4.78, 5) is 53.3. The Morgan fingerprint density at radius 3 is 1.95 bits per heavy atom. The van der Waals surface area contributed by atoms with Crippen LogP contribution in [-0.2, 0) is 33.6 Å². The molecule has 13 heteroatoms. The van der Waals surface area contributed by atoms with Gasteiger partial charge in [-0.3, -0.25) is 9.59 Å². The van der Waals surface area contributed by atoms with Gasteiger partial charge in [-0.1, -0.05) is 12.1 Å². The molecule has 2 amide bonds. The van der Waals surface area contributed by atoms with Crippen molar-refractivity contribution in [1.29, 1.82) is 0 Å². The number of aliphatic carboxylic acids is 1. The third kappa shape index (κ3) is 8.80. The fourth-order valence-corrected chi connectivity index (χ4v) is 4.15. The van der Waals surface area contributed by atoms with Crippen molar-refractivity contribution in [1.82, 2.24) is 30.6 Å². The summed E-state index contributed by atoms with van der Waals surface area (Å²) >= 11 is 11.8. The van der Waals surface area contributed by atoms with Gasteiger partial charge in [0.2, 0.25) is 11.8 Å². The van der Waals surface area contributed by atoms with Gasteiger partial charge in [0.25, 0.3) is 0 Å². The first kappa shape index (κ1) is 28.0. The molecule has 3 aromatic rings. The number of hydrogen-bond acceptors (Lipinski definition) is 6. The number of anilines is 1. The minimum absolute atomic E-state index is 0.0165. The number of amides is 2. The number of nitrogens with zero attached hydrogens (tertiary/aromatic N) is 3. The van der Waals surface area contributed by atoms with Gasteiger partial charge in [-0.25, -0.2) is 14.8 Å². The van der Waals surface area contributed by atoms with E-state index in [1.54, 1.807) is 0 Å². The molecule has 198 valence electrons. The Morgan fingerprint density at radius 1 is 0.892 bits per heavy atom. The van der Waals surface area contributed by atoms with E-state index in [9.17, 15) is 19.5 Å². The summed E-state index contributed by atoms with van der Waals surface area (Å²) in [5.41, 5.74) is 2.87. The van der Waals surface area contributed by atoms with Crippen LogP contribution >= 0.6 is 23.2 Å². The minimum atomic E-state index is -1.20. The molecule has 37 heavy (non-hydrogen) atoms. The summed E-state index contributed by atoms with van der Waals surface area (Å²) < 4.78 is 0. The molecule has 0 radical (unpaired) electrons. The third-order valence-electron chi connectivity index (χ3n) is 5.60. The molecule has 0 aliphatic heterocycles. The lowest BCUT2D eigenvalue weighted by atomic mass is 10.1. The minimum Gasteiger partial charge on any atom is -0.480 e. The maximum Gasteiger partial charge on any atom is 0.326 e. The van der Waals surface area contributed by atoms with Crippen LogP contribution in [0.3, 0.4) is 0 Å². The maximum atomic E-state index is 13.1. The Morgan fingerprint density at radius 2 is 1.46 bits per heavy atom. The van der Waals surface area contributed by atoms with Gasteiger partial charge in [0.15, 0.2) is 0 Å². The average molecular weight is 550 g/mol. The van der Waals surface area contributed by atoms with Gasteiger partial charge in [0.1, 0.15) is 12.1 Å². The highest BCUT2D eigenvalue weighted by molar-refractivity contribution is 6.18. The van der Waals surface area contributed by atoms with E-state index in [4.69, 9.17) is 23.2 Å². The number of nitrogens with one attached hydrogen (secondary N) is 4. The Bertz CT molecular complexity index is 1120. The zero-order valence-corrected chi connectivity index (χ0v) is 21.5. The SMILES string of the molecule is O=C(Cc1ccc(N(CCCl)CCCl)cc1)N[C@@H](Cc1cnc[nH]1)C(=O)N[C@@H](Cc1cnc[nH]1)C(=O)O. The first-order valence-electron chi connectivity index (χ1n) is 11.6. The highest BCUT2D eigenvalue weighted by atomic mass is 35.5. The van der Waals surface area contributed by atoms with E-state index < -0.39 is 24.0 Å². The molecule has 2 heterocycles. The van der Waals surface area contributed by atoms with E-state index in [1.165, 1.54) is 25.0 Å². The number of imidazole rings is 2. The van der Waals surface area contributed by atoms with Gasteiger partial charge in [0.05, 0.1) is 19.1 Å². The molecule has 0 spiro atoms. The van der Waals surface area contributed by atoms with E-state index in [-0.39, 0.29) is 25.2 Å². The van der Waals surface area contributed by atoms with Crippen molar-refractivity contribution in [3.05, 3.63) is 66.3 Å². The largest absolute Gasteiger partial charge is 0.480 e. The smallest absolute Gasteiger partial charge is 0.326 e. The van der Waals surface area contributed by atoms with Crippen LogP contribution in [0.5, 0.6) is 0 Å². The number of aromatic amines is 2. The number of hydrogen-bond donors (Lipinski definition) is 5. The van der Waals surface area contributed by atoms with Crippen LogP contribution in [0.4, 0.5) is 5.69 Å². The molecule has 0 fully saturated rings. The number of rotatable bonds is 15. The van der Waals surface area contributed by atoms with Crippen LogP contribution in [0, 0.1) is 0 Å². The Kier molecular flexibility index (Phi) is 10.8. The Labute approximate surface area is 224 Å². The fourth-order valence-electron chi connectivity index (χ4n) is 3.74. The fraction of sp³-hybridized carbons (Fsp3) is 0.375. The molecule has 11 nitrogen and oxygen atoms in total. The summed E-state index contributed by atoms with van der Waals surface area (Å²) in [6.45, 7) is 1.30. The predicted molar refractivity (Wildman–Crippen MR) is 140 cm³/mol. The molecule has 0 unspecified atom stereocenters. The molecule has 0 aliphatic carbocycles. The quantitative estimate of drug-likeness (QED) is 0.180. The number of aromatic nitrogens is 4. The average Bonchev–Trinajstić information content (AvgIpc) is 3.58. The third-order valence-corrected chi connectivity index (χ3v) is 5.94. The summed E-state index contributed by atoms with van der Waals surface area (Å²) in [7, 11) is 0. The van der Waals surface area contributed by atoms with Crippen LogP contribution in [0.15, 0.2) is 49.3 Å². The van der Waals surface area contributed by atoms with Crippen LogP contribution in [0.25, 0.3) is 0 Å². The number of carbonyl (C=O) groups excluding carboxylic acids is 2. The van der Waals surface area contributed by atoms with E-state index in [2.05, 4.69) is 35.5 Å². The number of carboxylic acid groups (broad SMARTS) is 1. The number of benzene rings is 1. The lowest BCUT2D eigenvalue weighted by Gasteiger charge is -2.23. The zero-order valence-electron chi connectivity index (χ0n) is 20.0. The van der Waals surface area contributed by atoms with Crippen LogP contribution in [0.1, 0.15) is 17.0 Å². The number of halogens is 2. The standard InChI is InChI=1S/C24H29Cl2N7O4/c25-5-7-33(8-6-26)19-3-1-16(2-4-19)9-22(34)31-20(10-17-12-27-14-29-17)23(35)32-21(24(36)37)11-18-13-28-15-30-18/h1-4,12-15,20-21H,5-11H2,(H,27,29)(H,28,30)(H,31,34)(H,32,35)(H,36,37)/t20-,21-/m0/s1. The van der Waals surface area contributed by atoms with E-state index in [1.807, 2.05) is 24.3 Å². The van der Waals surface area contributed by atoms with Crippen molar-refractivity contribution in [3.63, 3.8) is 0 Å². The number of carbonyl (C=O) groups is 3. The second-order valence-electron chi connectivity index (χ2n) is 8.29. The molecule has 2 atom stereocenters. The van der Waals surface area contributed by atoms with Gasteiger partial charge in [-0.2, -0.15) is 0 Å². The highest BCUT2D eigenvalue weighted by Crippen LogP contribution is 2.16. The molecular formula is C24H29Cl2N7O4. The van der Waals surface area contributed by atoms with Crippen molar-refractivity contribution in [2.45, 2.75) is 31.3 Å². The van der Waals surface area contributed by atoms with Crippen molar-refractivity contribution < 1.29 is 19.5 Å². The topological polar surface area (TPSA) is 156 Å². The normalized spacial score (nSPS) is 12.5. The monoisotopic (exact) mass is 549 g/mol. The molecule has 0 saturated heterocycles. The van der Waals surface area contributed by atoms with Crippen molar-refractivity contribution >= 4 is 46.7 Å². The molecular weight excluding hydrogens is 521 g/mol. The van der Waals surface area contributed by atoms with Crippen molar-refractivity contribution in [3.8, 4) is 0 Å². The molecule has 5 N–H and O–H groups in total. The summed E-state index contributed by atoms with van der Waals surface area (Å²) in [6.07, 6.45) is 6.08. The van der Waals surface area contributed by atoms with Crippen LogP contribution < -0.4 is 15.5 Å². The number of alkyl halides is 2. The molecule has 3 rings (SSSR count). The second-order valence-corrected chi connectivity index (χ2v) is 9.05. The predicted octanol–water partition coefficient (Wildman–Crippen LogP) is 1.50. The van der Waals surface area contributed by atoms with Crippen LogP contribution in [0.2, 0.25) is 0 Å². The second kappa shape index (κ2) is 14.2. The zero-order chi connectivity index (χ0) is 26.6. The van der Waals surface area contributed by atoms with E-state index in [0.717, 1.165) is 11.3 Å². The Balaban J connectivity index is 1.66. The van der Waals surface area contributed by atoms with Gasteiger partial charge >= 0.3 is 5.97 Å². The first-order chi connectivity index (χ1) is 17.9. The molecule has 1 aromatic carbocycles. The van der Waals surface area contributed by atoms with Gasteiger partial charge < -0.3 is 30.6 Å². The van der Waals surface area contributed by atoms with Gasteiger partial charge in [0, 0.05) is 67.2 Å². The lowest BCUT2D eigenvalue weighted by Crippen LogP contribution is -2.53. The summed E-state index contributed by atoms with van der Waals surface area (Å²) in [5, 5.41) is 14.8. The first-order valence-corrected chi connectivity index (χ1v) is 12.7. The van der Waals surface area contributed by atoms with Crippen molar-refractivity contribution in [2.24, 2.45) is 0 Å². The van der Waals surface area contributed by atoms with E-state index in [0.29, 0.717) is 36.2 Å². The number of carboxylic acids is 1.